The van der Waals surface area contributed by atoms with E-state index < -0.39 is 10.9 Å². The molecule has 0 unspecified atom stereocenters. The van der Waals surface area contributed by atoms with Crippen molar-refractivity contribution < 1.29 is 14.8 Å². The molecule has 2 aromatic heterocycles. The molecule has 0 fully saturated rings. The van der Waals surface area contributed by atoms with E-state index in [1.165, 1.54) is 36.1 Å². The number of hydrogen-bond donors (Lipinski definition) is 1. The molecular weight excluding hydrogens is 240 g/mol. The number of aromatic nitrogens is 3. The van der Waals surface area contributed by atoms with E-state index in [0.717, 1.165) is 0 Å². The minimum atomic E-state index is -1.15. The molecule has 2 aromatic rings. The van der Waals surface area contributed by atoms with Crippen molar-refractivity contribution in [2.45, 2.75) is 6.92 Å². The van der Waals surface area contributed by atoms with Crippen LogP contribution in [-0.2, 0) is 0 Å². The Morgan fingerprint density at radius 2 is 2.22 bits per heavy atom. The van der Waals surface area contributed by atoms with Gasteiger partial charge in [0.25, 0.3) is 5.69 Å². The molecule has 0 amide bonds. The van der Waals surface area contributed by atoms with E-state index in [-0.39, 0.29) is 17.1 Å². The molecule has 0 aliphatic rings. The average molecular weight is 248 g/mol. The molecule has 0 bridgehead atoms. The van der Waals surface area contributed by atoms with Crippen LogP contribution < -0.4 is 0 Å². The van der Waals surface area contributed by atoms with Crippen molar-refractivity contribution in [3.8, 4) is 5.82 Å². The number of pyridine rings is 1. The molecule has 0 radical (unpaired) electrons. The third kappa shape index (κ3) is 2.03. The zero-order valence-electron chi connectivity index (χ0n) is 9.27. The van der Waals surface area contributed by atoms with E-state index in [2.05, 4.69) is 9.97 Å². The van der Waals surface area contributed by atoms with Crippen molar-refractivity contribution in [2.24, 2.45) is 0 Å². The highest BCUT2D eigenvalue weighted by Crippen LogP contribution is 2.17. The molecule has 92 valence electrons. The Bertz CT molecular complexity index is 635. The van der Waals surface area contributed by atoms with Crippen molar-refractivity contribution in [1.29, 1.82) is 0 Å². The molecule has 0 saturated carbocycles. The van der Waals surface area contributed by atoms with Gasteiger partial charge in [-0.05, 0) is 13.0 Å². The standard InChI is InChI=1S/C10H8N4O4/c1-6-8(14(17)18)2-3-9(12-6)13-4-7(10(15)16)11-5-13/h2-5H,1H3,(H,15,16). The Morgan fingerprint density at radius 3 is 2.72 bits per heavy atom. The zero-order chi connectivity index (χ0) is 13.3. The summed E-state index contributed by atoms with van der Waals surface area (Å²) in [7, 11) is 0. The summed E-state index contributed by atoms with van der Waals surface area (Å²) >= 11 is 0. The van der Waals surface area contributed by atoms with Gasteiger partial charge in [-0.3, -0.25) is 14.7 Å². The number of carboxylic acid groups (broad SMARTS) is 1. The third-order valence-electron chi connectivity index (χ3n) is 2.31. The quantitative estimate of drug-likeness (QED) is 0.644. The second-order valence-corrected chi connectivity index (χ2v) is 3.50. The Kier molecular flexibility index (Phi) is 2.76. The van der Waals surface area contributed by atoms with Crippen LogP contribution in [0.4, 0.5) is 5.69 Å². The Balaban J connectivity index is 2.42. The van der Waals surface area contributed by atoms with Gasteiger partial charge in [-0.2, -0.15) is 0 Å². The molecule has 1 N–H and O–H groups in total. The largest absolute Gasteiger partial charge is 0.476 e. The number of imidazole rings is 1. The normalized spacial score (nSPS) is 10.3. The van der Waals surface area contributed by atoms with Crippen molar-refractivity contribution >= 4 is 11.7 Å². The van der Waals surface area contributed by atoms with E-state index in [0.29, 0.717) is 5.82 Å². The van der Waals surface area contributed by atoms with Gasteiger partial charge in [-0.1, -0.05) is 0 Å². The van der Waals surface area contributed by atoms with Gasteiger partial charge in [0.2, 0.25) is 0 Å². The highest BCUT2D eigenvalue weighted by Gasteiger charge is 2.13. The van der Waals surface area contributed by atoms with Gasteiger partial charge < -0.3 is 5.11 Å². The number of carbonyl (C=O) groups is 1. The van der Waals surface area contributed by atoms with Crippen LogP contribution in [0.2, 0.25) is 0 Å². The predicted octanol–water partition coefficient (Wildman–Crippen LogP) is 1.18. The summed E-state index contributed by atoms with van der Waals surface area (Å²) in [6, 6.07) is 2.75. The van der Waals surface area contributed by atoms with E-state index >= 15 is 0 Å². The summed E-state index contributed by atoms with van der Waals surface area (Å²) in [5, 5.41) is 19.4. The molecule has 8 heteroatoms. The van der Waals surface area contributed by atoms with Gasteiger partial charge in [-0.25, -0.2) is 14.8 Å². The van der Waals surface area contributed by atoms with Crippen LogP contribution in [0.15, 0.2) is 24.7 Å². The van der Waals surface area contributed by atoms with Crippen LogP contribution in [0.25, 0.3) is 5.82 Å². The van der Waals surface area contributed by atoms with E-state index in [4.69, 9.17) is 5.11 Å². The molecule has 2 heterocycles. The minimum Gasteiger partial charge on any atom is -0.476 e. The summed E-state index contributed by atoms with van der Waals surface area (Å²) in [6.07, 6.45) is 2.58. The molecular formula is C10H8N4O4. The summed E-state index contributed by atoms with van der Waals surface area (Å²) in [5.74, 6) is -0.773. The number of hydrogen-bond acceptors (Lipinski definition) is 5. The summed E-state index contributed by atoms with van der Waals surface area (Å²) < 4.78 is 1.39. The molecule has 0 atom stereocenters. The summed E-state index contributed by atoms with van der Waals surface area (Å²) in [6.45, 7) is 1.51. The van der Waals surface area contributed by atoms with E-state index in [9.17, 15) is 14.9 Å². The fourth-order valence-electron chi connectivity index (χ4n) is 1.44. The molecule has 2 rings (SSSR count). The van der Waals surface area contributed by atoms with Crippen LogP contribution in [0.1, 0.15) is 16.2 Å². The SMILES string of the molecule is Cc1nc(-n2cnc(C(=O)O)c2)ccc1[N+](=O)[O-]. The van der Waals surface area contributed by atoms with Crippen molar-refractivity contribution in [2.75, 3.05) is 0 Å². The number of aromatic carboxylic acids is 1. The molecule has 0 saturated heterocycles. The fraction of sp³-hybridized carbons (Fsp3) is 0.100. The van der Waals surface area contributed by atoms with E-state index in [1.807, 2.05) is 0 Å². The maximum atomic E-state index is 10.7. The number of carboxylic acids is 1. The molecule has 8 nitrogen and oxygen atoms in total. The van der Waals surface area contributed by atoms with Crippen LogP contribution in [0.3, 0.4) is 0 Å². The smallest absolute Gasteiger partial charge is 0.356 e. The van der Waals surface area contributed by atoms with Gasteiger partial charge in [0, 0.05) is 12.3 Å². The van der Waals surface area contributed by atoms with Crippen molar-refractivity contribution in [3.63, 3.8) is 0 Å². The summed E-state index contributed by atoms with van der Waals surface area (Å²) in [4.78, 5) is 28.5. The van der Waals surface area contributed by atoms with Gasteiger partial charge in [0.05, 0.1) is 4.92 Å². The lowest BCUT2D eigenvalue weighted by molar-refractivity contribution is -0.385. The van der Waals surface area contributed by atoms with Crippen LogP contribution in [0, 0.1) is 17.0 Å². The maximum Gasteiger partial charge on any atom is 0.356 e. The molecule has 18 heavy (non-hydrogen) atoms. The second kappa shape index (κ2) is 4.24. The topological polar surface area (TPSA) is 111 Å². The van der Waals surface area contributed by atoms with Gasteiger partial charge in [0.15, 0.2) is 5.69 Å². The first-order valence-corrected chi connectivity index (χ1v) is 4.88. The minimum absolute atomic E-state index is 0.0858. The Hall–Kier alpha value is -2.77. The first kappa shape index (κ1) is 11.7. The molecule has 0 spiro atoms. The lowest BCUT2D eigenvalue weighted by atomic mass is 10.3. The van der Waals surface area contributed by atoms with Gasteiger partial charge in [-0.15, -0.1) is 0 Å². The number of nitro groups is 1. The number of nitrogens with zero attached hydrogens (tertiary/aromatic N) is 4. The first-order chi connectivity index (χ1) is 8.49. The van der Waals surface area contributed by atoms with E-state index in [1.54, 1.807) is 0 Å². The second-order valence-electron chi connectivity index (χ2n) is 3.50. The molecule has 0 aliphatic heterocycles. The van der Waals surface area contributed by atoms with Crippen LogP contribution in [0.5, 0.6) is 0 Å². The van der Waals surface area contributed by atoms with Gasteiger partial charge in [0.1, 0.15) is 17.8 Å². The summed E-state index contributed by atoms with van der Waals surface area (Å²) in [5.41, 5.74) is 0.0493. The molecule has 0 aromatic carbocycles. The highest BCUT2D eigenvalue weighted by molar-refractivity contribution is 5.85. The third-order valence-corrected chi connectivity index (χ3v) is 2.31. The van der Waals surface area contributed by atoms with Crippen molar-refractivity contribution in [1.82, 2.24) is 14.5 Å². The lowest BCUT2D eigenvalue weighted by Crippen LogP contribution is -2.00. The predicted molar refractivity (Wildman–Crippen MR) is 59.7 cm³/mol. The van der Waals surface area contributed by atoms with Gasteiger partial charge >= 0.3 is 5.97 Å². The highest BCUT2D eigenvalue weighted by atomic mass is 16.6. The zero-order valence-corrected chi connectivity index (χ0v) is 9.27. The first-order valence-electron chi connectivity index (χ1n) is 4.88. The Labute approximate surface area is 101 Å². The maximum absolute atomic E-state index is 10.7. The number of aryl methyl sites for hydroxylation is 1. The number of rotatable bonds is 3. The average Bonchev–Trinajstić information content (AvgIpc) is 2.77. The van der Waals surface area contributed by atoms with Crippen LogP contribution in [-0.4, -0.2) is 30.5 Å². The lowest BCUT2D eigenvalue weighted by Gasteiger charge is -2.02. The fourth-order valence-corrected chi connectivity index (χ4v) is 1.44. The monoisotopic (exact) mass is 248 g/mol. The van der Waals surface area contributed by atoms with Crippen molar-refractivity contribution in [3.05, 3.63) is 46.2 Å². The van der Waals surface area contributed by atoms with Crippen LogP contribution >= 0.6 is 0 Å². The Morgan fingerprint density at radius 1 is 1.50 bits per heavy atom. The molecule has 0 aliphatic carbocycles.